The first-order chi connectivity index (χ1) is 12.0. The molecule has 0 N–H and O–H groups in total. The van der Waals surface area contributed by atoms with E-state index < -0.39 is 10.0 Å². The molecular formula is C17H21N3O4S. The molecule has 1 fully saturated rings. The molecule has 0 spiro atoms. The van der Waals surface area contributed by atoms with Crippen LogP contribution >= 0.6 is 0 Å². The molecule has 7 nitrogen and oxygen atoms in total. The molecule has 0 saturated carbocycles. The molecular weight excluding hydrogens is 342 g/mol. The molecule has 1 aromatic heterocycles. The van der Waals surface area contributed by atoms with Crippen LogP contribution in [0.15, 0.2) is 41.4 Å². The Bertz CT molecular complexity index is 856. The number of para-hydroxylation sites is 1. The number of carbonyl (C=O) groups excluding carboxylic acids is 1. The summed E-state index contributed by atoms with van der Waals surface area (Å²) >= 11 is 0. The summed E-state index contributed by atoms with van der Waals surface area (Å²) < 4.78 is 32.4. The highest BCUT2D eigenvalue weighted by Crippen LogP contribution is 2.24. The molecule has 1 aromatic carbocycles. The maximum atomic E-state index is 13.0. The highest BCUT2D eigenvalue weighted by Gasteiger charge is 2.30. The Morgan fingerprint density at radius 3 is 2.60 bits per heavy atom. The molecule has 0 radical (unpaired) electrons. The molecule has 2 heterocycles. The number of benzene rings is 1. The molecule has 0 unspecified atom stereocenters. The third-order valence-corrected chi connectivity index (χ3v) is 6.13. The Balaban J connectivity index is 1.75. The first kappa shape index (κ1) is 17.8. The highest BCUT2D eigenvalue weighted by atomic mass is 32.2. The third-order valence-electron chi connectivity index (χ3n) is 4.20. The molecule has 1 aliphatic heterocycles. The quantitative estimate of drug-likeness (QED) is 0.740. The summed E-state index contributed by atoms with van der Waals surface area (Å²) in [5.74, 6) is -0.280. The van der Waals surface area contributed by atoms with Gasteiger partial charge in [-0.1, -0.05) is 18.2 Å². The summed E-state index contributed by atoms with van der Waals surface area (Å²) in [4.78, 5) is 17.9. The smallest absolute Gasteiger partial charge is 0.320 e. The van der Waals surface area contributed by atoms with E-state index in [0.29, 0.717) is 38.3 Å². The first-order valence-corrected chi connectivity index (χ1v) is 9.68. The van der Waals surface area contributed by atoms with Gasteiger partial charge in [0.1, 0.15) is 4.90 Å². The van der Waals surface area contributed by atoms with Gasteiger partial charge < -0.3 is 4.74 Å². The Labute approximate surface area is 147 Å². The van der Waals surface area contributed by atoms with Crippen LogP contribution in [0, 0.1) is 0 Å². The number of hydrogen-bond acceptors (Lipinski definition) is 6. The second-order valence-electron chi connectivity index (χ2n) is 5.82. The third kappa shape index (κ3) is 3.81. The number of ether oxygens (including phenoxy) is 1. The van der Waals surface area contributed by atoms with Crippen molar-refractivity contribution in [3.63, 3.8) is 0 Å². The highest BCUT2D eigenvalue weighted by molar-refractivity contribution is 7.89. The van der Waals surface area contributed by atoms with Crippen molar-refractivity contribution in [2.24, 2.45) is 0 Å². The Morgan fingerprint density at radius 2 is 1.88 bits per heavy atom. The van der Waals surface area contributed by atoms with Crippen LogP contribution in [0.5, 0.6) is 0 Å². The second kappa shape index (κ2) is 7.47. The summed E-state index contributed by atoms with van der Waals surface area (Å²) in [5.41, 5.74) is 0.485. The number of aromatic nitrogens is 1. The van der Waals surface area contributed by atoms with Crippen LogP contribution in [-0.2, 0) is 19.6 Å². The Morgan fingerprint density at radius 1 is 1.16 bits per heavy atom. The van der Waals surface area contributed by atoms with Crippen LogP contribution in [0.4, 0.5) is 0 Å². The van der Waals surface area contributed by atoms with Crippen molar-refractivity contribution < 1.29 is 17.9 Å². The van der Waals surface area contributed by atoms with Crippen molar-refractivity contribution in [2.45, 2.75) is 11.8 Å². The zero-order valence-electron chi connectivity index (χ0n) is 14.1. The van der Waals surface area contributed by atoms with Crippen LogP contribution in [-0.4, -0.2) is 67.9 Å². The van der Waals surface area contributed by atoms with Crippen LogP contribution in [0.1, 0.15) is 6.92 Å². The summed E-state index contributed by atoms with van der Waals surface area (Å²) in [6, 6.07) is 8.80. The number of piperazine rings is 1. The van der Waals surface area contributed by atoms with Crippen molar-refractivity contribution in [3.8, 4) is 0 Å². The normalized spacial score (nSPS) is 16.8. The minimum atomic E-state index is -3.62. The average Bonchev–Trinajstić information content (AvgIpc) is 2.62. The van der Waals surface area contributed by atoms with E-state index in [1.807, 2.05) is 17.0 Å². The number of rotatable bonds is 5. The van der Waals surface area contributed by atoms with Crippen molar-refractivity contribution in [1.82, 2.24) is 14.2 Å². The fourth-order valence-corrected chi connectivity index (χ4v) is 4.53. The SMILES string of the molecule is CCOC(=O)CN1CCN(S(=O)(=O)c2cccc3cccnc23)CC1. The number of nitrogens with zero attached hydrogens (tertiary/aromatic N) is 3. The molecule has 0 amide bonds. The predicted octanol–water partition coefficient (Wildman–Crippen LogP) is 1.10. The van der Waals surface area contributed by atoms with Gasteiger partial charge in [-0.15, -0.1) is 0 Å². The molecule has 8 heteroatoms. The number of esters is 1. The summed E-state index contributed by atoms with van der Waals surface area (Å²) in [5, 5.41) is 0.796. The molecule has 3 rings (SSSR count). The largest absolute Gasteiger partial charge is 0.465 e. The van der Waals surface area contributed by atoms with Gasteiger partial charge in [-0.3, -0.25) is 14.7 Å². The molecule has 0 aliphatic carbocycles. The van der Waals surface area contributed by atoms with E-state index in [4.69, 9.17) is 4.74 Å². The van der Waals surface area contributed by atoms with Gasteiger partial charge in [0.25, 0.3) is 0 Å². The number of hydrogen-bond donors (Lipinski definition) is 0. The van der Waals surface area contributed by atoms with Gasteiger partial charge >= 0.3 is 5.97 Å². The monoisotopic (exact) mass is 363 g/mol. The van der Waals surface area contributed by atoms with Crippen LogP contribution < -0.4 is 0 Å². The summed E-state index contributed by atoms with van der Waals surface area (Å²) in [6.45, 7) is 3.97. The fourth-order valence-electron chi connectivity index (χ4n) is 2.94. The van der Waals surface area contributed by atoms with Crippen LogP contribution in [0.3, 0.4) is 0 Å². The van der Waals surface area contributed by atoms with Gasteiger partial charge in [0, 0.05) is 37.8 Å². The van der Waals surface area contributed by atoms with Gasteiger partial charge in [-0.05, 0) is 19.1 Å². The topological polar surface area (TPSA) is 79.8 Å². The number of carbonyl (C=O) groups is 1. The van der Waals surface area contributed by atoms with Crippen molar-refractivity contribution in [3.05, 3.63) is 36.5 Å². The van der Waals surface area contributed by atoms with E-state index in [1.165, 1.54) is 4.31 Å². The zero-order chi connectivity index (χ0) is 17.9. The fraction of sp³-hybridized carbons (Fsp3) is 0.412. The molecule has 1 aliphatic rings. The van der Waals surface area contributed by atoms with Crippen molar-refractivity contribution >= 4 is 26.9 Å². The lowest BCUT2D eigenvalue weighted by Gasteiger charge is -2.33. The number of pyridine rings is 1. The van der Waals surface area contributed by atoms with Gasteiger partial charge in [0.15, 0.2) is 0 Å². The summed E-state index contributed by atoms with van der Waals surface area (Å²) in [7, 11) is -3.62. The van der Waals surface area contributed by atoms with Gasteiger partial charge in [0.05, 0.1) is 18.7 Å². The first-order valence-electron chi connectivity index (χ1n) is 8.24. The van der Waals surface area contributed by atoms with Gasteiger partial charge in [-0.25, -0.2) is 8.42 Å². The molecule has 0 bridgehead atoms. The average molecular weight is 363 g/mol. The van der Waals surface area contributed by atoms with E-state index in [1.54, 1.807) is 31.3 Å². The Hall–Kier alpha value is -2.03. The van der Waals surface area contributed by atoms with Gasteiger partial charge in [-0.2, -0.15) is 4.31 Å². The molecule has 134 valence electrons. The van der Waals surface area contributed by atoms with Crippen LogP contribution in [0.25, 0.3) is 10.9 Å². The van der Waals surface area contributed by atoms with E-state index in [2.05, 4.69) is 4.98 Å². The maximum Gasteiger partial charge on any atom is 0.320 e. The van der Waals surface area contributed by atoms with Crippen LogP contribution in [0.2, 0.25) is 0 Å². The standard InChI is InChI=1S/C17H21N3O4S/c1-2-24-16(21)13-19-9-11-20(12-10-19)25(22,23)15-7-3-5-14-6-4-8-18-17(14)15/h3-8H,2,9-13H2,1H3. The lowest BCUT2D eigenvalue weighted by atomic mass is 10.2. The minimum Gasteiger partial charge on any atom is -0.465 e. The van der Waals surface area contributed by atoms with E-state index in [-0.39, 0.29) is 17.4 Å². The van der Waals surface area contributed by atoms with E-state index in [0.717, 1.165) is 5.39 Å². The molecule has 1 saturated heterocycles. The van der Waals surface area contributed by atoms with E-state index >= 15 is 0 Å². The molecule has 0 atom stereocenters. The lowest BCUT2D eigenvalue weighted by molar-refractivity contribution is -0.144. The van der Waals surface area contributed by atoms with Crippen molar-refractivity contribution in [1.29, 1.82) is 0 Å². The molecule has 25 heavy (non-hydrogen) atoms. The maximum absolute atomic E-state index is 13.0. The Kier molecular flexibility index (Phi) is 5.31. The zero-order valence-corrected chi connectivity index (χ0v) is 14.9. The van der Waals surface area contributed by atoms with Crippen molar-refractivity contribution in [2.75, 3.05) is 39.3 Å². The number of fused-ring (bicyclic) bond motifs is 1. The van der Waals surface area contributed by atoms with Gasteiger partial charge in [0.2, 0.25) is 10.0 Å². The second-order valence-corrected chi connectivity index (χ2v) is 7.72. The van der Waals surface area contributed by atoms with E-state index in [9.17, 15) is 13.2 Å². The minimum absolute atomic E-state index is 0.192. The molecule has 2 aromatic rings. The predicted molar refractivity (Wildman–Crippen MR) is 93.6 cm³/mol. The number of sulfonamides is 1. The summed E-state index contributed by atoms with van der Waals surface area (Å²) in [6.07, 6.45) is 1.60. The lowest BCUT2D eigenvalue weighted by Crippen LogP contribution is -2.50.